The average molecular weight is 935 g/mol. The van der Waals surface area contributed by atoms with Gasteiger partial charge in [0, 0.05) is 60.3 Å². The number of hydrogen-bond donors (Lipinski definition) is 0. The Labute approximate surface area is 399 Å². The fraction of sp³-hybridized carbons (Fsp3) is 0.390. The Kier molecular flexibility index (Phi) is 11.1. The minimum absolute atomic E-state index is 0.215. The van der Waals surface area contributed by atoms with E-state index in [2.05, 4.69) is 180 Å². The van der Waals surface area contributed by atoms with Crippen LogP contribution in [-0.4, -0.2) is 0 Å². The van der Waals surface area contributed by atoms with Crippen molar-refractivity contribution in [2.45, 2.75) is 153 Å². The fourth-order valence-corrected chi connectivity index (χ4v) is 12.2. The van der Waals surface area contributed by atoms with Crippen molar-refractivity contribution in [2.75, 3.05) is 0 Å². The van der Waals surface area contributed by atoms with Crippen LogP contribution in [-0.2, 0) is 21.7 Å². The van der Waals surface area contributed by atoms with Crippen LogP contribution in [0.5, 0.6) is 11.5 Å². The van der Waals surface area contributed by atoms with E-state index in [-0.39, 0.29) is 16.2 Å². The molecule has 4 bridgehead atoms. The van der Waals surface area contributed by atoms with E-state index in [9.17, 15) is 0 Å². The summed E-state index contributed by atoms with van der Waals surface area (Å²) in [5, 5.41) is 4.33. The molecule has 67 heavy (non-hydrogen) atoms. The summed E-state index contributed by atoms with van der Waals surface area (Å²) >= 11 is 0. The van der Waals surface area contributed by atoms with Gasteiger partial charge in [-0.05, 0) is 134 Å². The maximum atomic E-state index is 7.21. The summed E-state index contributed by atoms with van der Waals surface area (Å²) < 4.78 is 43.1. The standard InChI is InChI=1S/C59H68O6P2/c1-31-26-42(56(9,10)11)52-48(35(31)5)49-36(6)32(2)27-43(57(12,13)14)53(49)63-66(62-52)60-46-23-21-20-22-40(46)41-25-24-39-30-47(41)61-67-64-54-44(58(15,16)17)28-33(3)37(7)50(54)51-38(8)34(4)29-45(55(51)65-67)59(39,18)19/h20-30H,1-19H3. The maximum Gasteiger partial charge on any atom is 0.453 e. The first-order chi connectivity index (χ1) is 31.2. The van der Waals surface area contributed by atoms with Crippen molar-refractivity contribution in [1.82, 2.24) is 0 Å². The molecule has 8 heteroatoms. The molecule has 0 fully saturated rings. The highest BCUT2D eigenvalue weighted by Crippen LogP contribution is 2.53. The largest absolute Gasteiger partial charge is 0.453 e. The first kappa shape index (κ1) is 46.8. The quantitative estimate of drug-likeness (QED) is 0.176. The van der Waals surface area contributed by atoms with Crippen LogP contribution in [0.4, 0.5) is 0 Å². The van der Waals surface area contributed by atoms with E-state index in [0.717, 1.165) is 82.8 Å². The van der Waals surface area contributed by atoms with Gasteiger partial charge in [0.2, 0.25) is 0 Å². The number of benzene rings is 6. The molecule has 8 aromatic rings. The van der Waals surface area contributed by atoms with Gasteiger partial charge in [0.1, 0.15) is 33.8 Å². The van der Waals surface area contributed by atoms with Crippen molar-refractivity contribution in [2.24, 2.45) is 0 Å². The van der Waals surface area contributed by atoms with Gasteiger partial charge >= 0.3 is 16.5 Å². The molecule has 350 valence electrons. The highest BCUT2D eigenvalue weighted by Gasteiger charge is 2.34. The summed E-state index contributed by atoms with van der Waals surface area (Å²) in [6.07, 6.45) is 0. The van der Waals surface area contributed by atoms with Crippen LogP contribution in [0.25, 0.3) is 55.0 Å². The maximum absolute atomic E-state index is 7.21. The van der Waals surface area contributed by atoms with Gasteiger partial charge in [0.05, 0.1) is 0 Å². The third kappa shape index (κ3) is 7.72. The topological polar surface area (TPSA) is 71.0 Å². The molecule has 0 aliphatic carbocycles. The van der Waals surface area contributed by atoms with Crippen molar-refractivity contribution >= 4 is 60.4 Å². The van der Waals surface area contributed by atoms with Gasteiger partial charge in [-0.1, -0.05) is 131 Å². The predicted octanol–water partition coefficient (Wildman–Crippen LogP) is 19.2. The van der Waals surface area contributed by atoms with Gasteiger partial charge in [0.15, 0.2) is 0 Å². The van der Waals surface area contributed by atoms with Gasteiger partial charge in [-0.2, -0.15) is 0 Å². The Hall–Kier alpha value is -5.28. The molecule has 1 unspecified atom stereocenters. The molecule has 1 atom stereocenters. The Morgan fingerprint density at radius 2 is 0.881 bits per heavy atom. The zero-order chi connectivity index (χ0) is 48.6. The van der Waals surface area contributed by atoms with E-state index in [0.29, 0.717) is 11.5 Å². The second-order valence-electron chi connectivity index (χ2n) is 22.9. The molecule has 0 amide bonds. The highest BCUT2D eigenvalue weighted by molar-refractivity contribution is 7.32. The third-order valence-corrected chi connectivity index (χ3v) is 16.7. The minimum atomic E-state index is -2.04. The summed E-state index contributed by atoms with van der Waals surface area (Å²) in [4.78, 5) is 0. The second-order valence-corrected chi connectivity index (χ2v) is 24.8. The summed E-state index contributed by atoms with van der Waals surface area (Å²) in [5.41, 5.74) is 19.0. The molecular formula is C59H68O6P2. The van der Waals surface area contributed by atoms with Crippen LogP contribution in [0, 0.1) is 55.4 Å². The van der Waals surface area contributed by atoms with Crippen molar-refractivity contribution in [3.8, 4) is 22.6 Å². The molecule has 0 spiro atoms. The van der Waals surface area contributed by atoms with Crippen LogP contribution in [0.15, 0.2) is 83.5 Å². The predicted molar refractivity (Wildman–Crippen MR) is 283 cm³/mol. The summed E-state index contributed by atoms with van der Waals surface area (Å²) in [7, 11) is -4.04. The molecule has 9 rings (SSSR count). The Bertz CT molecular complexity index is 3380. The van der Waals surface area contributed by atoms with Crippen molar-refractivity contribution < 1.29 is 25.8 Å². The van der Waals surface area contributed by atoms with E-state index in [1.165, 1.54) is 44.5 Å². The molecule has 1 aliphatic rings. The monoisotopic (exact) mass is 934 g/mol. The van der Waals surface area contributed by atoms with E-state index < -0.39 is 21.9 Å². The van der Waals surface area contributed by atoms with Crippen molar-refractivity contribution in [3.63, 3.8) is 0 Å². The molecule has 2 aromatic heterocycles. The molecule has 1 aliphatic heterocycles. The summed E-state index contributed by atoms with van der Waals surface area (Å²) in [6.45, 7) is 42.4. The molecule has 0 saturated carbocycles. The van der Waals surface area contributed by atoms with Crippen molar-refractivity contribution in [3.05, 3.63) is 139 Å². The Morgan fingerprint density at radius 3 is 1.36 bits per heavy atom. The van der Waals surface area contributed by atoms with Gasteiger partial charge in [0.25, 0.3) is 0 Å². The molecular weight excluding hydrogens is 867 g/mol. The lowest BCUT2D eigenvalue weighted by Crippen LogP contribution is -2.20. The average Bonchev–Trinajstić information content (AvgIpc) is 3.49. The van der Waals surface area contributed by atoms with Crippen molar-refractivity contribution in [1.29, 1.82) is 0 Å². The first-order valence-electron chi connectivity index (χ1n) is 23.7. The van der Waals surface area contributed by atoms with Gasteiger partial charge < -0.3 is 25.8 Å². The highest BCUT2D eigenvalue weighted by atomic mass is 31.1. The lowest BCUT2D eigenvalue weighted by molar-refractivity contribution is 0.486. The fourth-order valence-electron chi connectivity index (χ4n) is 9.99. The molecule has 6 aromatic carbocycles. The van der Waals surface area contributed by atoms with E-state index in [1.807, 2.05) is 18.2 Å². The van der Waals surface area contributed by atoms with E-state index in [1.54, 1.807) is 0 Å². The normalized spacial score (nSPS) is 14.1. The summed E-state index contributed by atoms with van der Waals surface area (Å²) in [5.74, 6) is 1.26. The van der Waals surface area contributed by atoms with E-state index in [4.69, 9.17) is 25.8 Å². The number of para-hydroxylation sites is 1. The number of hydrogen-bond acceptors (Lipinski definition) is 6. The summed E-state index contributed by atoms with van der Waals surface area (Å²) in [6, 6.07) is 23.8. The molecule has 0 saturated heterocycles. The first-order valence-corrected chi connectivity index (χ1v) is 25.9. The van der Waals surface area contributed by atoms with Crippen LogP contribution < -0.4 is 9.05 Å². The van der Waals surface area contributed by atoms with Gasteiger partial charge in [-0.15, -0.1) is 0 Å². The molecule has 0 N–H and O–H groups in total. The Morgan fingerprint density at radius 1 is 0.463 bits per heavy atom. The van der Waals surface area contributed by atoms with Crippen LogP contribution in [0.3, 0.4) is 0 Å². The molecule has 3 heterocycles. The molecule has 6 nitrogen and oxygen atoms in total. The third-order valence-electron chi connectivity index (χ3n) is 14.7. The SMILES string of the molecule is Cc1cc(C(C)(C)C)c2op(Oc3ccccc3-c3ccc4cc3Op3oc5c(C(C)(C)C)cc(C)c(C)c5c5c(C)c(C)cc(c5o3)C4(C)C)oc3c(C(C)(C)C)cc(C)c(C)c3c2c1C. The lowest BCUT2D eigenvalue weighted by atomic mass is 9.75. The van der Waals surface area contributed by atoms with Crippen LogP contribution >= 0.6 is 16.5 Å². The van der Waals surface area contributed by atoms with Crippen LogP contribution in [0.2, 0.25) is 0 Å². The zero-order valence-electron chi connectivity index (χ0n) is 43.2. The molecule has 0 radical (unpaired) electrons. The lowest BCUT2D eigenvalue weighted by Gasteiger charge is -2.28. The second kappa shape index (κ2) is 15.9. The minimum Gasteiger partial charge on any atom is -0.390 e. The zero-order valence-corrected chi connectivity index (χ0v) is 45.0. The number of fused-ring (bicyclic) bond motifs is 8. The van der Waals surface area contributed by atoms with E-state index >= 15 is 0 Å². The van der Waals surface area contributed by atoms with Gasteiger partial charge in [-0.3, -0.25) is 0 Å². The number of aryl methyl sites for hydroxylation is 8. The smallest absolute Gasteiger partial charge is 0.390 e. The van der Waals surface area contributed by atoms with Crippen LogP contribution in [0.1, 0.15) is 148 Å². The Balaban J connectivity index is 1.33. The van der Waals surface area contributed by atoms with Gasteiger partial charge in [-0.25, -0.2) is 0 Å². The number of rotatable bonds is 3.